The molecule has 0 aliphatic rings. The van der Waals surface area contributed by atoms with Gasteiger partial charge < -0.3 is 15.4 Å². The van der Waals surface area contributed by atoms with Crippen molar-refractivity contribution in [3.8, 4) is 0 Å². The van der Waals surface area contributed by atoms with Crippen LogP contribution in [0.2, 0.25) is 0 Å². The highest BCUT2D eigenvalue weighted by Crippen LogP contribution is 2.24. The minimum atomic E-state index is 0.0934. The van der Waals surface area contributed by atoms with Crippen molar-refractivity contribution in [1.29, 1.82) is 0 Å². The molecule has 0 fully saturated rings. The van der Waals surface area contributed by atoms with Crippen molar-refractivity contribution in [2.75, 3.05) is 23.5 Å². The number of hydrogen-bond donors (Lipinski definition) is 3. The molecule has 108 valence electrons. The topological polar surface area (TPSA) is 87.3 Å². The van der Waals surface area contributed by atoms with Crippen molar-refractivity contribution in [2.24, 2.45) is 5.84 Å². The zero-order valence-corrected chi connectivity index (χ0v) is 12.3. The van der Waals surface area contributed by atoms with Crippen LogP contribution in [0.1, 0.15) is 38.6 Å². The Balaban J connectivity index is 3.25. The van der Waals surface area contributed by atoms with Crippen LogP contribution in [0.3, 0.4) is 0 Å². The standard InChI is InChI=1S/C13H25N5O/c1-5-6-11-15-12(17-14)10(4)13(16-11)18(7-8-19)9(2)3/h9,19H,5-8,14H2,1-4H3,(H,15,16,17). The normalized spacial score (nSPS) is 10.9. The molecule has 0 unspecified atom stereocenters. The van der Waals surface area contributed by atoms with E-state index >= 15 is 0 Å². The maximum atomic E-state index is 9.21. The molecule has 1 heterocycles. The van der Waals surface area contributed by atoms with E-state index in [0.29, 0.717) is 12.4 Å². The number of nitrogen functional groups attached to an aromatic ring is 1. The number of aromatic nitrogens is 2. The van der Waals surface area contributed by atoms with Gasteiger partial charge in [0.25, 0.3) is 0 Å². The highest BCUT2D eigenvalue weighted by Gasteiger charge is 2.18. The molecule has 0 aliphatic heterocycles. The fraction of sp³-hybridized carbons (Fsp3) is 0.692. The van der Waals surface area contributed by atoms with Crippen LogP contribution in [0, 0.1) is 6.92 Å². The number of aryl methyl sites for hydroxylation is 1. The number of aliphatic hydroxyl groups is 1. The first kappa shape index (κ1) is 15.7. The van der Waals surface area contributed by atoms with Crippen LogP contribution >= 0.6 is 0 Å². The number of hydrogen-bond acceptors (Lipinski definition) is 6. The summed E-state index contributed by atoms with van der Waals surface area (Å²) in [4.78, 5) is 11.1. The molecule has 0 saturated heterocycles. The van der Waals surface area contributed by atoms with Crippen molar-refractivity contribution >= 4 is 11.6 Å². The molecule has 0 radical (unpaired) electrons. The van der Waals surface area contributed by atoms with Gasteiger partial charge in [0.1, 0.15) is 17.5 Å². The van der Waals surface area contributed by atoms with Gasteiger partial charge in [-0.05, 0) is 27.2 Å². The van der Waals surface area contributed by atoms with E-state index in [0.717, 1.165) is 30.0 Å². The maximum absolute atomic E-state index is 9.21. The van der Waals surface area contributed by atoms with Crippen LogP contribution in [0.5, 0.6) is 0 Å². The Labute approximate surface area is 115 Å². The molecular formula is C13H25N5O. The van der Waals surface area contributed by atoms with E-state index in [9.17, 15) is 5.11 Å². The lowest BCUT2D eigenvalue weighted by molar-refractivity contribution is 0.298. The van der Waals surface area contributed by atoms with Crippen molar-refractivity contribution in [2.45, 2.75) is 46.6 Å². The van der Waals surface area contributed by atoms with Gasteiger partial charge in [-0.15, -0.1) is 0 Å². The van der Waals surface area contributed by atoms with E-state index in [1.54, 1.807) is 0 Å². The van der Waals surface area contributed by atoms with E-state index in [1.807, 2.05) is 6.92 Å². The Bertz CT molecular complexity index is 408. The zero-order chi connectivity index (χ0) is 14.4. The Morgan fingerprint density at radius 3 is 2.53 bits per heavy atom. The predicted octanol–water partition coefficient (Wildman–Crippen LogP) is 1.23. The zero-order valence-electron chi connectivity index (χ0n) is 12.3. The molecule has 6 heteroatoms. The third-order valence-corrected chi connectivity index (χ3v) is 3.01. The largest absolute Gasteiger partial charge is 0.395 e. The Morgan fingerprint density at radius 1 is 1.37 bits per heavy atom. The minimum Gasteiger partial charge on any atom is -0.395 e. The summed E-state index contributed by atoms with van der Waals surface area (Å²) in [5.41, 5.74) is 3.54. The van der Waals surface area contributed by atoms with Gasteiger partial charge in [0.15, 0.2) is 0 Å². The number of nitrogens with two attached hydrogens (primary N) is 1. The molecule has 1 rings (SSSR count). The van der Waals surface area contributed by atoms with Gasteiger partial charge >= 0.3 is 0 Å². The van der Waals surface area contributed by atoms with Crippen molar-refractivity contribution in [3.05, 3.63) is 11.4 Å². The molecule has 0 atom stereocenters. The third-order valence-electron chi connectivity index (χ3n) is 3.01. The lowest BCUT2D eigenvalue weighted by Gasteiger charge is -2.29. The fourth-order valence-corrected chi connectivity index (χ4v) is 2.02. The highest BCUT2D eigenvalue weighted by atomic mass is 16.3. The van der Waals surface area contributed by atoms with Gasteiger partial charge in [-0.3, -0.25) is 0 Å². The summed E-state index contributed by atoms with van der Waals surface area (Å²) in [6.07, 6.45) is 1.79. The summed E-state index contributed by atoms with van der Waals surface area (Å²) in [7, 11) is 0. The number of nitrogens with zero attached hydrogens (tertiary/aromatic N) is 3. The van der Waals surface area contributed by atoms with E-state index in [1.165, 1.54) is 0 Å². The maximum Gasteiger partial charge on any atom is 0.148 e. The second-order valence-corrected chi connectivity index (χ2v) is 4.84. The summed E-state index contributed by atoms with van der Waals surface area (Å²) in [6.45, 7) is 8.82. The molecular weight excluding hydrogens is 242 g/mol. The summed E-state index contributed by atoms with van der Waals surface area (Å²) >= 11 is 0. The summed E-state index contributed by atoms with van der Waals surface area (Å²) < 4.78 is 0. The SMILES string of the molecule is CCCc1nc(NN)c(C)c(N(CCO)C(C)C)n1. The summed E-state index contributed by atoms with van der Waals surface area (Å²) in [6, 6.07) is 0.251. The second kappa shape index (κ2) is 7.25. The number of anilines is 2. The number of hydrazine groups is 1. The Kier molecular flexibility index (Phi) is 5.98. The van der Waals surface area contributed by atoms with Crippen molar-refractivity contribution in [1.82, 2.24) is 9.97 Å². The summed E-state index contributed by atoms with van der Waals surface area (Å²) in [5.74, 6) is 7.80. The molecule has 0 aromatic carbocycles. The fourth-order valence-electron chi connectivity index (χ4n) is 2.02. The number of aliphatic hydroxyl groups excluding tert-OH is 1. The van der Waals surface area contributed by atoms with Crippen LogP contribution in [0.25, 0.3) is 0 Å². The molecule has 4 N–H and O–H groups in total. The monoisotopic (exact) mass is 267 g/mol. The first-order valence-electron chi connectivity index (χ1n) is 6.76. The first-order chi connectivity index (χ1) is 9.04. The van der Waals surface area contributed by atoms with Gasteiger partial charge in [-0.2, -0.15) is 0 Å². The van der Waals surface area contributed by atoms with Crippen molar-refractivity contribution < 1.29 is 5.11 Å². The number of nitrogens with one attached hydrogen (secondary N) is 1. The van der Waals surface area contributed by atoms with Crippen LogP contribution in [0.15, 0.2) is 0 Å². The Morgan fingerprint density at radius 2 is 2.05 bits per heavy atom. The molecule has 19 heavy (non-hydrogen) atoms. The molecule has 0 amide bonds. The van der Waals surface area contributed by atoms with Crippen LogP contribution < -0.4 is 16.2 Å². The number of rotatable bonds is 7. The van der Waals surface area contributed by atoms with Gasteiger partial charge in [-0.1, -0.05) is 6.92 Å². The van der Waals surface area contributed by atoms with Gasteiger partial charge in [0.05, 0.1) is 6.61 Å². The molecule has 0 saturated carbocycles. The molecule has 1 aromatic rings. The second-order valence-electron chi connectivity index (χ2n) is 4.84. The van der Waals surface area contributed by atoms with E-state index in [-0.39, 0.29) is 12.6 Å². The van der Waals surface area contributed by atoms with Crippen LogP contribution in [0.4, 0.5) is 11.6 Å². The minimum absolute atomic E-state index is 0.0934. The summed E-state index contributed by atoms with van der Waals surface area (Å²) in [5, 5.41) is 9.21. The molecule has 1 aromatic heterocycles. The van der Waals surface area contributed by atoms with Gasteiger partial charge in [0.2, 0.25) is 0 Å². The molecule has 6 nitrogen and oxygen atoms in total. The van der Waals surface area contributed by atoms with Crippen LogP contribution in [-0.4, -0.2) is 34.3 Å². The van der Waals surface area contributed by atoms with Gasteiger partial charge in [0, 0.05) is 24.6 Å². The average molecular weight is 267 g/mol. The van der Waals surface area contributed by atoms with Crippen molar-refractivity contribution in [3.63, 3.8) is 0 Å². The Hall–Kier alpha value is -1.40. The van der Waals surface area contributed by atoms with E-state index in [2.05, 4.69) is 41.1 Å². The predicted molar refractivity (Wildman–Crippen MR) is 78.1 cm³/mol. The molecule has 0 spiro atoms. The van der Waals surface area contributed by atoms with E-state index < -0.39 is 0 Å². The molecule has 0 bridgehead atoms. The lowest BCUT2D eigenvalue weighted by Crippen LogP contribution is -2.35. The average Bonchev–Trinajstić information content (AvgIpc) is 2.38. The quantitative estimate of drug-likeness (QED) is 0.509. The smallest absolute Gasteiger partial charge is 0.148 e. The third kappa shape index (κ3) is 3.78. The van der Waals surface area contributed by atoms with Crippen LogP contribution in [-0.2, 0) is 6.42 Å². The molecule has 0 aliphatic carbocycles. The highest BCUT2D eigenvalue weighted by molar-refractivity contribution is 5.58. The van der Waals surface area contributed by atoms with Gasteiger partial charge in [-0.25, -0.2) is 15.8 Å². The van der Waals surface area contributed by atoms with E-state index in [4.69, 9.17) is 5.84 Å². The lowest BCUT2D eigenvalue weighted by atomic mass is 10.2. The first-order valence-corrected chi connectivity index (χ1v) is 6.76.